The van der Waals surface area contributed by atoms with Crippen LogP contribution in [0, 0.1) is 11.8 Å². The molecule has 11 heteroatoms. The molecule has 45 heavy (non-hydrogen) atoms. The maximum atomic E-state index is 13.0. The van der Waals surface area contributed by atoms with Gasteiger partial charge in [-0.25, -0.2) is 4.79 Å². The molecule has 1 aliphatic carbocycles. The lowest BCUT2D eigenvalue weighted by Gasteiger charge is -2.55. The number of aliphatic hydroxyl groups excluding tert-OH is 1. The van der Waals surface area contributed by atoms with Crippen molar-refractivity contribution in [3.63, 3.8) is 0 Å². The fourth-order valence-corrected chi connectivity index (χ4v) is 10.5. The van der Waals surface area contributed by atoms with E-state index in [0.29, 0.717) is 18.5 Å². The summed E-state index contributed by atoms with van der Waals surface area (Å²) in [5.41, 5.74) is 7.67. The van der Waals surface area contributed by atoms with Crippen LogP contribution in [-0.4, -0.2) is 106 Å². The number of aliphatic carboxylic acids is 1. The Morgan fingerprint density at radius 3 is 2.47 bits per heavy atom. The summed E-state index contributed by atoms with van der Waals surface area (Å²) in [6, 6.07) is 12.3. The third-order valence-corrected chi connectivity index (χ3v) is 12.8. The topological polar surface area (TPSA) is 130 Å². The Balaban J connectivity index is 1.12. The molecule has 5 fully saturated rings. The van der Waals surface area contributed by atoms with Gasteiger partial charge in [-0.1, -0.05) is 24.3 Å². The van der Waals surface area contributed by atoms with Crippen molar-refractivity contribution in [2.75, 3.05) is 45.8 Å². The number of hydrogen-bond donors (Lipinski definition) is 3. The first-order valence-corrected chi connectivity index (χ1v) is 17.0. The highest BCUT2D eigenvalue weighted by Crippen LogP contribution is 2.53. The molecule has 6 heterocycles. The number of carbonyl (C=O) groups is 3. The number of carbonyl (C=O) groups excluding carboxylic acids is 2. The molecule has 0 radical (unpaired) electrons. The molecule has 1 saturated carbocycles. The highest BCUT2D eigenvalue weighted by atomic mass is 32.1. The molecule has 5 atom stereocenters. The first-order chi connectivity index (χ1) is 21.6. The molecule has 5 unspecified atom stereocenters. The zero-order valence-electron chi connectivity index (χ0n) is 25.5. The number of carboxylic acids is 1. The van der Waals surface area contributed by atoms with Crippen LogP contribution >= 0.6 is 11.3 Å². The van der Waals surface area contributed by atoms with Crippen molar-refractivity contribution in [2.24, 2.45) is 17.6 Å². The number of primary amides is 1. The molecule has 3 aromatic rings. The predicted molar refractivity (Wildman–Crippen MR) is 169 cm³/mol. The summed E-state index contributed by atoms with van der Waals surface area (Å²) in [6.45, 7) is 9.10. The number of amides is 2. The van der Waals surface area contributed by atoms with E-state index in [-0.39, 0.29) is 29.5 Å². The van der Waals surface area contributed by atoms with Crippen molar-refractivity contribution < 1.29 is 38.3 Å². The van der Waals surface area contributed by atoms with E-state index in [1.165, 1.54) is 15.2 Å². The van der Waals surface area contributed by atoms with Crippen LogP contribution in [0.15, 0.2) is 47.7 Å². The van der Waals surface area contributed by atoms with Crippen LogP contribution in [0.5, 0.6) is 5.75 Å². The minimum absolute atomic E-state index is 0.0525. The van der Waals surface area contributed by atoms with Crippen LogP contribution in [0.25, 0.3) is 20.2 Å². The summed E-state index contributed by atoms with van der Waals surface area (Å²) in [5.74, 6) is -1.59. The molecule has 2 aromatic carbocycles. The van der Waals surface area contributed by atoms with Crippen LogP contribution in [0.4, 0.5) is 0 Å². The van der Waals surface area contributed by atoms with Crippen molar-refractivity contribution in [3.8, 4) is 5.75 Å². The van der Waals surface area contributed by atoms with E-state index in [2.05, 4.69) is 24.3 Å². The molecular formula is C34H40N4O6S+2. The van der Waals surface area contributed by atoms with Gasteiger partial charge in [-0.2, -0.15) is 0 Å². The number of nitrogens with zero attached hydrogens (tertiary/aromatic N) is 3. The van der Waals surface area contributed by atoms with Gasteiger partial charge in [0.25, 0.3) is 5.91 Å². The number of β-lactam (4-membered cyclic amide) rings is 1. The minimum atomic E-state index is -1.11. The largest absolute Gasteiger partial charge is 0.485 e. The SMILES string of the molecule is CC(O)C1C(=O)N2C(C(=O)O)=C3C(Oc4cccc5sc6c(C[N+]78CC[N+](CC(N)=O)(CC7)CC8)cccc6c45)CCCC3C12. The number of hydrogen-bond acceptors (Lipinski definition) is 6. The van der Waals surface area contributed by atoms with Crippen molar-refractivity contribution in [1.82, 2.24) is 4.90 Å². The number of piperazine rings is 3. The number of quaternary nitrogens is 2. The molecule has 9 rings (SSSR count). The van der Waals surface area contributed by atoms with Gasteiger partial charge in [0.2, 0.25) is 5.91 Å². The van der Waals surface area contributed by atoms with Gasteiger partial charge in [-0.05, 0) is 38.3 Å². The van der Waals surface area contributed by atoms with E-state index in [1.807, 2.05) is 12.1 Å². The number of ether oxygens (including phenoxy) is 1. The second-order valence-electron chi connectivity index (χ2n) is 14.1. The lowest BCUT2D eigenvalue weighted by Crippen LogP contribution is -2.75. The first-order valence-electron chi connectivity index (χ1n) is 16.2. The van der Waals surface area contributed by atoms with Crippen LogP contribution < -0.4 is 10.5 Å². The molecule has 0 spiro atoms. The molecule has 6 aliphatic rings. The van der Waals surface area contributed by atoms with Crippen LogP contribution in [0.2, 0.25) is 0 Å². The Labute approximate surface area is 265 Å². The number of carboxylic acid groups (broad SMARTS) is 1. The van der Waals surface area contributed by atoms with E-state index < -0.39 is 24.1 Å². The molecule has 4 N–H and O–H groups in total. The Hall–Kier alpha value is -3.51. The molecular weight excluding hydrogens is 592 g/mol. The summed E-state index contributed by atoms with van der Waals surface area (Å²) in [6.07, 6.45) is 1.04. The van der Waals surface area contributed by atoms with Crippen LogP contribution in [0.1, 0.15) is 31.7 Å². The predicted octanol–water partition coefficient (Wildman–Crippen LogP) is 2.81. The fraction of sp³-hybridized carbons (Fsp3) is 0.500. The minimum Gasteiger partial charge on any atom is -0.485 e. The second-order valence-corrected chi connectivity index (χ2v) is 15.1. The summed E-state index contributed by atoms with van der Waals surface area (Å²) in [4.78, 5) is 38.7. The molecule has 5 aliphatic heterocycles. The van der Waals surface area contributed by atoms with Gasteiger partial charge in [0.15, 0.2) is 6.54 Å². The lowest BCUT2D eigenvalue weighted by molar-refractivity contribution is -1.08. The van der Waals surface area contributed by atoms with Crippen molar-refractivity contribution >= 4 is 49.3 Å². The Morgan fingerprint density at radius 1 is 1.07 bits per heavy atom. The summed E-state index contributed by atoms with van der Waals surface area (Å²) >= 11 is 1.78. The zero-order valence-corrected chi connectivity index (χ0v) is 26.3. The van der Waals surface area contributed by atoms with E-state index >= 15 is 0 Å². The number of fused-ring (bicyclic) bond motifs is 9. The second kappa shape index (κ2) is 10.2. The Kier molecular flexibility index (Phi) is 6.59. The van der Waals surface area contributed by atoms with Gasteiger partial charge in [0.05, 0.1) is 18.1 Å². The van der Waals surface area contributed by atoms with Crippen LogP contribution in [0.3, 0.4) is 0 Å². The van der Waals surface area contributed by atoms with Gasteiger partial charge >= 0.3 is 5.97 Å². The van der Waals surface area contributed by atoms with Crippen molar-refractivity contribution in [1.29, 1.82) is 0 Å². The smallest absolute Gasteiger partial charge is 0.352 e. The van der Waals surface area contributed by atoms with Gasteiger partial charge in [-0.3, -0.25) is 9.59 Å². The highest BCUT2D eigenvalue weighted by molar-refractivity contribution is 7.26. The molecule has 1 aromatic heterocycles. The molecule has 4 saturated heterocycles. The summed E-state index contributed by atoms with van der Waals surface area (Å²) < 4.78 is 11.1. The Morgan fingerprint density at radius 2 is 1.78 bits per heavy atom. The maximum Gasteiger partial charge on any atom is 0.352 e. The van der Waals surface area contributed by atoms with Gasteiger partial charge in [0.1, 0.15) is 63.4 Å². The average molecular weight is 633 g/mol. The Bertz CT molecular complexity index is 1770. The summed E-state index contributed by atoms with van der Waals surface area (Å²) in [7, 11) is 0. The standard InChI is InChI=1S/C34H38N4O6S/c1-19(39)27-30-21-6-3-8-24(29(21)31(34(42)43)36(30)33(27)41)44-23-9-4-10-25-28(23)22-7-2-5-20(32(22)45-25)17-37-11-14-38(15-12-37,16-13-37)18-26(35)40/h2,4-5,7,9-10,19,21,24,27,30,39H,3,6,8,11-18H2,1H3,(H-2,35,40,42,43)/p+2. The maximum absolute atomic E-state index is 13.0. The van der Waals surface area contributed by atoms with Gasteiger partial charge in [-0.15, -0.1) is 11.3 Å². The third kappa shape index (κ3) is 4.35. The molecule has 2 bridgehead atoms. The third-order valence-electron chi connectivity index (χ3n) is 11.5. The summed E-state index contributed by atoms with van der Waals surface area (Å²) in [5, 5.41) is 22.8. The van der Waals surface area contributed by atoms with E-state index in [1.54, 1.807) is 18.3 Å². The monoisotopic (exact) mass is 632 g/mol. The van der Waals surface area contributed by atoms with E-state index in [9.17, 15) is 24.6 Å². The lowest BCUT2D eigenvalue weighted by atomic mass is 9.71. The first kappa shape index (κ1) is 28.9. The quantitative estimate of drug-likeness (QED) is 0.259. The molecule has 2 amide bonds. The van der Waals surface area contributed by atoms with Gasteiger partial charge < -0.3 is 34.5 Å². The van der Waals surface area contributed by atoms with E-state index in [0.717, 1.165) is 88.8 Å². The zero-order chi connectivity index (χ0) is 31.2. The number of benzene rings is 2. The van der Waals surface area contributed by atoms with Crippen molar-refractivity contribution in [2.45, 2.75) is 51.0 Å². The normalized spacial score (nSPS) is 32.8. The highest BCUT2D eigenvalue weighted by Gasteiger charge is 2.62. The number of nitrogens with two attached hydrogens (primary N) is 1. The number of aliphatic hydroxyl groups is 1. The number of rotatable bonds is 8. The van der Waals surface area contributed by atoms with E-state index in [4.69, 9.17) is 10.5 Å². The van der Waals surface area contributed by atoms with Gasteiger partial charge in [0, 0.05) is 37.2 Å². The average Bonchev–Trinajstić information content (AvgIpc) is 3.53. The molecule has 10 nitrogen and oxygen atoms in total. The number of thiophene rings is 1. The van der Waals surface area contributed by atoms with Crippen molar-refractivity contribution in [3.05, 3.63) is 53.2 Å². The molecule has 236 valence electrons. The van der Waals surface area contributed by atoms with Crippen LogP contribution in [-0.2, 0) is 20.9 Å². The fourth-order valence-electron chi connectivity index (χ4n) is 9.32.